The van der Waals surface area contributed by atoms with Crippen molar-refractivity contribution in [3.8, 4) is 0 Å². The molecule has 0 amide bonds. The molecule has 48 heavy (non-hydrogen) atoms. The topological polar surface area (TPSA) is 164 Å². The van der Waals surface area contributed by atoms with E-state index in [1.807, 2.05) is 6.92 Å². The molecule has 2 aromatic heterocycles. The molecule has 13 heteroatoms. The van der Waals surface area contributed by atoms with Gasteiger partial charge in [0.1, 0.15) is 12.7 Å². The maximum atomic E-state index is 13.5. The van der Waals surface area contributed by atoms with E-state index in [2.05, 4.69) is 20.3 Å². The molecular weight excluding hydrogens is 618 g/mol. The molecule has 3 aromatic carbocycles. The van der Waals surface area contributed by atoms with E-state index < -0.39 is 48.0 Å². The number of rotatable bonds is 12. The first-order valence-corrected chi connectivity index (χ1v) is 15.5. The smallest absolute Gasteiger partial charge is 0.338 e. The number of unbranched alkanes of at least 4 members (excludes halogenated alkanes) is 1. The minimum Gasteiger partial charge on any atom is -0.459 e. The van der Waals surface area contributed by atoms with Crippen molar-refractivity contribution in [1.82, 2.24) is 19.5 Å². The van der Waals surface area contributed by atoms with Crippen LogP contribution < -0.4 is 10.9 Å². The number of imidazole rings is 1. The summed E-state index contributed by atoms with van der Waals surface area (Å²) in [6.07, 6.45) is -1.74. The van der Waals surface area contributed by atoms with Crippen LogP contribution in [0.15, 0.2) is 102 Å². The van der Waals surface area contributed by atoms with E-state index in [1.54, 1.807) is 91.0 Å². The number of nitrogens with one attached hydrogen (secondary N) is 2. The summed E-state index contributed by atoms with van der Waals surface area (Å²) in [4.78, 5) is 64.3. The van der Waals surface area contributed by atoms with Gasteiger partial charge < -0.3 is 24.3 Å². The molecule has 0 aliphatic carbocycles. The van der Waals surface area contributed by atoms with E-state index >= 15 is 0 Å². The fourth-order valence-corrected chi connectivity index (χ4v) is 5.26. The van der Waals surface area contributed by atoms with Gasteiger partial charge in [0.05, 0.1) is 23.0 Å². The summed E-state index contributed by atoms with van der Waals surface area (Å²) in [7, 11) is 0. The summed E-state index contributed by atoms with van der Waals surface area (Å²) in [5, 5.41) is 3.10. The van der Waals surface area contributed by atoms with Crippen LogP contribution in [0.4, 0.5) is 5.95 Å². The monoisotopic (exact) mass is 651 g/mol. The van der Waals surface area contributed by atoms with Crippen molar-refractivity contribution in [3.05, 3.63) is 124 Å². The van der Waals surface area contributed by atoms with Crippen molar-refractivity contribution in [2.45, 2.75) is 44.3 Å². The van der Waals surface area contributed by atoms with E-state index in [9.17, 15) is 19.2 Å². The number of aromatic nitrogens is 4. The Kier molecular flexibility index (Phi) is 9.86. The summed E-state index contributed by atoms with van der Waals surface area (Å²) in [6, 6.07) is 25.0. The molecule has 0 radical (unpaired) electrons. The van der Waals surface area contributed by atoms with Crippen LogP contribution in [0, 0.1) is 0 Å². The molecule has 1 aliphatic rings. The normalized spacial score (nSPS) is 18.7. The molecule has 1 aliphatic heterocycles. The summed E-state index contributed by atoms with van der Waals surface area (Å²) >= 11 is 0. The molecule has 1 saturated heterocycles. The van der Waals surface area contributed by atoms with Gasteiger partial charge in [-0.3, -0.25) is 14.3 Å². The molecule has 2 N–H and O–H groups in total. The zero-order chi connectivity index (χ0) is 33.5. The van der Waals surface area contributed by atoms with Crippen molar-refractivity contribution in [3.63, 3.8) is 0 Å². The predicted molar refractivity (Wildman–Crippen MR) is 173 cm³/mol. The fraction of sp³-hybridized carbons (Fsp3) is 0.257. The number of H-pyrrole nitrogens is 1. The molecule has 6 rings (SSSR count). The second kappa shape index (κ2) is 14.7. The molecule has 13 nitrogen and oxygen atoms in total. The Bertz CT molecular complexity index is 1930. The molecule has 0 spiro atoms. The van der Waals surface area contributed by atoms with Crippen LogP contribution in [0.1, 0.15) is 57.1 Å². The molecule has 4 atom stereocenters. The van der Waals surface area contributed by atoms with Gasteiger partial charge in [0.25, 0.3) is 5.56 Å². The Hall–Kier alpha value is -5.82. The zero-order valence-electron chi connectivity index (χ0n) is 26.0. The number of hydrogen-bond donors (Lipinski definition) is 2. The number of fused-ring (bicyclic) bond motifs is 1. The zero-order valence-corrected chi connectivity index (χ0v) is 26.0. The third-order valence-electron chi connectivity index (χ3n) is 7.71. The quantitative estimate of drug-likeness (QED) is 0.111. The highest BCUT2D eigenvalue weighted by molar-refractivity contribution is 5.91. The number of anilines is 1. The number of ether oxygens (including phenoxy) is 4. The summed E-state index contributed by atoms with van der Waals surface area (Å²) in [5.74, 6) is -1.83. The lowest BCUT2D eigenvalue weighted by atomic mass is 10.1. The SMILES string of the molecule is CCCCNc1nc2c(ncn2[C@@H]2O[C@@H](COC(=O)c3ccccc3)[C@H](OC(=O)c3ccccc3)[C@H]2OC(=O)c2ccccc2)c(=O)[nH]1. The molecule has 3 heterocycles. The third-order valence-corrected chi connectivity index (χ3v) is 7.71. The standard InChI is InChI=1S/C35H33N5O8/c1-2-3-19-36-35-38-29-26(30(41)39-35)37-21-40(29)31-28(48-34(44)24-17-11-6-12-18-24)27(47-33(43)23-15-9-5-10-16-23)25(46-31)20-45-32(42)22-13-7-4-8-14-22/h4-18,21,25,27-28,31H,2-3,19-20H2,1H3,(H2,36,38,39,41)/t25-,27-,28+,31+/m0/s1. The maximum Gasteiger partial charge on any atom is 0.338 e. The summed E-state index contributed by atoms with van der Waals surface area (Å²) in [5.41, 5.74) is 0.468. The average molecular weight is 652 g/mol. The van der Waals surface area contributed by atoms with Gasteiger partial charge in [-0.25, -0.2) is 19.4 Å². The number of benzene rings is 3. The van der Waals surface area contributed by atoms with E-state index in [0.29, 0.717) is 12.1 Å². The first kappa shape index (κ1) is 32.1. The minimum atomic E-state index is -1.29. The lowest BCUT2D eigenvalue weighted by Crippen LogP contribution is -2.41. The molecule has 0 saturated carbocycles. The molecule has 5 aromatic rings. The van der Waals surface area contributed by atoms with E-state index in [0.717, 1.165) is 12.8 Å². The second-order valence-electron chi connectivity index (χ2n) is 11.0. The Labute approximate surface area is 274 Å². The van der Waals surface area contributed by atoms with Crippen LogP contribution in [0.2, 0.25) is 0 Å². The Morgan fingerprint density at radius 3 is 1.98 bits per heavy atom. The van der Waals surface area contributed by atoms with Crippen molar-refractivity contribution in [1.29, 1.82) is 0 Å². The van der Waals surface area contributed by atoms with Crippen molar-refractivity contribution in [2.24, 2.45) is 0 Å². The lowest BCUT2D eigenvalue weighted by Gasteiger charge is -2.25. The van der Waals surface area contributed by atoms with Gasteiger partial charge in [0, 0.05) is 6.54 Å². The first-order valence-electron chi connectivity index (χ1n) is 15.5. The number of nitrogens with zero attached hydrogens (tertiary/aromatic N) is 3. The van der Waals surface area contributed by atoms with Gasteiger partial charge in [-0.1, -0.05) is 67.9 Å². The van der Waals surface area contributed by atoms with Gasteiger partial charge in [-0.15, -0.1) is 0 Å². The van der Waals surface area contributed by atoms with Crippen LogP contribution in [-0.4, -0.2) is 68.9 Å². The highest BCUT2D eigenvalue weighted by Gasteiger charge is 2.52. The van der Waals surface area contributed by atoms with Gasteiger partial charge in [0.2, 0.25) is 5.95 Å². The molecule has 0 unspecified atom stereocenters. The molecule has 1 fully saturated rings. The number of aromatic amines is 1. The molecular formula is C35H33N5O8. The molecule has 246 valence electrons. The van der Waals surface area contributed by atoms with E-state index in [4.69, 9.17) is 18.9 Å². The minimum absolute atomic E-state index is 0.0181. The predicted octanol–water partition coefficient (Wildman–Crippen LogP) is 4.54. The van der Waals surface area contributed by atoms with Gasteiger partial charge in [-0.2, -0.15) is 4.98 Å². The van der Waals surface area contributed by atoms with Gasteiger partial charge in [-0.05, 0) is 42.8 Å². The maximum absolute atomic E-state index is 13.5. The summed E-state index contributed by atoms with van der Waals surface area (Å²) < 4.78 is 25.5. The lowest BCUT2D eigenvalue weighted by molar-refractivity contribution is -0.0606. The van der Waals surface area contributed by atoms with Crippen LogP contribution >= 0.6 is 0 Å². The van der Waals surface area contributed by atoms with Gasteiger partial charge >= 0.3 is 17.9 Å². The van der Waals surface area contributed by atoms with Crippen molar-refractivity contribution in [2.75, 3.05) is 18.5 Å². The second-order valence-corrected chi connectivity index (χ2v) is 11.0. The fourth-order valence-electron chi connectivity index (χ4n) is 5.26. The number of carbonyl (C=O) groups excluding carboxylic acids is 3. The van der Waals surface area contributed by atoms with Crippen molar-refractivity contribution < 1.29 is 33.3 Å². The Morgan fingerprint density at radius 2 is 1.40 bits per heavy atom. The number of carbonyl (C=O) groups is 3. The van der Waals surface area contributed by atoms with Crippen LogP contribution in [0.25, 0.3) is 11.2 Å². The van der Waals surface area contributed by atoms with Crippen LogP contribution in [-0.2, 0) is 18.9 Å². The Balaban J connectivity index is 1.39. The van der Waals surface area contributed by atoms with Crippen LogP contribution in [0.3, 0.4) is 0 Å². The molecule has 0 bridgehead atoms. The van der Waals surface area contributed by atoms with Crippen LogP contribution in [0.5, 0.6) is 0 Å². The van der Waals surface area contributed by atoms with E-state index in [-0.39, 0.29) is 34.8 Å². The third kappa shape index (κ3) is 7.10. The number of hydrogen-bond acceptors (Lipinski definition) is 11. The number of esters is 3. The average Bonchev–Trinajstić information content (AvgIpc) is 3.69. The van der Waals surface area contributed by atoms with Gasteiger partial charge in [0.15, 0.2) is 29.6 Å². The Morgan fingerprint density at radius 1 is 0.833 bits per heavy atom. The highest BCUT2D eigenvalue weighted by atomic mass is 16.7. The first-order chi connectivity index (χ1) is 23.4. The highest BCUT2D eigenvalue weighted by Crippen LogP contribution is 2.36. The summed E-state index contributed by atoms with van der Waals surface area (Å²) in [6.45, 7) is 2.25. The van der Waals surface area contributed by atoms with Crippen molar-refractivity contribution >= 4 is 35.0 Å². The largest absolute Gasteiger partial charge is 0.459 e. The van der Waals surface area contributed by atoms with E-state index in [1.165, 1.54) is 10.9 Å².